The maximum Gasteiger partial charge on any atom is 0.296 e. The summed E-state index contributed by atoms with van der Waals surface area (Å²) in [7, 11) is 1.28. The third kappa shape index (κ3) is 3.93. The lowest BCUT2D eigenvalue weighted by molar-refractivity contribution is -0.384. The molecule has 0 spiro atoms. The number of carbonyl (C=O) groups excluding carboxylic acids is 2. The summed E-state index contributed by atoms with van der Waals surface area (Å²) < 4.78 is 24.4. The first kappa shape index (κ1) is 21.8. The number of ketones is 1. The van der Waals surface area contributed by atoms with Crippen LogP contribution in [0, 0.1) is 15.9 Å². The monoisotopic (exact) mass is 452 g/mol. The molecule has 9 nitrogen and oxygen atoms in total. The zero-order valence-corrected chi connectivity index (χ0v) is 17.2. The molecule has 1 saturated heterocycles. The van der Waals surface area contributed by atoms with Gasteiger partial charge in [-0.2, -0.15) is 0 Å². The molecule has 1 N–H and O–H groups in total. The zero-order valence-electron chi connectivity index (χ0n) is 17.2. The predicted octanol–water partition coefficient (Wildman–Crippen LogP) is 3.96. The highest BCUT2D eigenvalue weighted by atomic mass is 19.1. The maximum absolute atomic E-state index is 14.3. The van der Waals surface area contributed by atoms with E-state index in [0.29, 0.717) is 5.76 Å². The number of nitro groups is 1. The number of hydrogen-bond acceptors (Lipinski definition) is 7. The molecule has 0 saturated carbocycles. The Kier molecular flexibility index (Phi) is 5.65. The molecule has 1 amide bonds. The summed E-state index contributed by atoms with van der Waals surface area (Å²) in [6, 6.07) is 11.0. The number of aliphatic hydroxyl groups is 1. The lowest BCUT2D eigenvalue weighted by atomic mass is 9.95. The van der Waals surface area contributed by atoms with Crippen molar-refractivity contribution in [1.29, 1.82) is 0 Å². The quantitative estimate of drug-likeness (QED) is 0.197. The molecule has 4 rings (SSSR count). The number of nitro benzene ring substituents is 1. The SMILES string of the molecule is COc1ccc(C(O)=C2C(=O)C(=O)N(Cc3ccco3)[C@@H]2c2cccc([N+](=O)[O-])c2)cc1F. The second kappa shape index (κ2) is 8.58. The first-order valence-electron chi connectivity index (χ1n) is 9.71. The summed E-state index contributed by atoms with van der Waals surface area (Å²) in [6.07, 6.45) is 1.40. The van der Waals surface area contributed by atoms with Crippen LogP contribution in [0.2, 0.25) is 0 Å². The molecule has 0 aliphatic carbocycles. The topological polar surface area (TPSA) is 123 Å². The van der Waals surface area contributed by atoms with E-state index < -0.39 is 34.2 Å². The normalized spacial score (nSPS) is 17.4. The number of benzene rings is 2. The number of halogens is 1. The van der Waals surface area contributed by atoms with Gasteiger partial charge in [0.15, 0.2) is 11.6 Å². The van der Waals surface area contributed by atoms with Gasteiger partial charge in [0.2, 0.25) is 0 Å². The minimum atomic E-state index is -1.17. The van der Waals surface area contributed by atoms with Crippen LogP contribution in [0.25, 0.3) is 5.76 Å². The van der Waals surface area contributed by atoms with Crippen molar-refractivity contribution in [3.8, 4) is 5.75 Å². The van der Waals surface area contributed by atoms with Crippen molar-refractivity contribution in [2.75, 3.05) is 7.11 Å². The van der Waals surface area contributed by atoms with E-state index in [9.17, 15) is 29.2 Å². The lowest BCUT2D eigenvalue weighted by Gasteiger charge is -2.24. The minimum Gasteiger partial charge on any atom is -0.507 e. The van der Waals surface area contributed by atoms with Gasteiger partial charge in [0.05, 0.1) is 36.5 Å². The zero-order chi connectivity index (χ0) is 23.7. The Morgan fingerprint density at radius 2 is 2.00 bits per heavy atom. The van der Waals surface area contributed by atoms with Crippen LogP contribution in [0.4, 0.5) is 10.1 Å². The first-order chi connectivity index (χ1) is 15.8. The second-order valence-corrected chi connectivity index (χ2v) is 7.21. The highest BCUT2D eigenvalue weighted by Crippen LogP contribution is 2.41. The van der Waals surface area contributed by atoms with E-state index >= 15 is 0 Å². The standard InChI is InChI=1S/C23H17FN2O7/c1-32-18-8-7-14(11-17(18)24)21(27)19-20(13-4-2-5-15(10-13)26(30)31)25(23(29)22(19)28)12-16-6-3-9-33-16/h2-11,20,27H,12H2,1H3/t20-/m1/s1. The Labute approximate surface area is 186 Å². The van der Waals surface area contributed by atoms with E-state index in [1.165, 1.54) is 49.8 Å². The van der Waals surface area contributed by atoms with Crippen molar-refractivity contribution in [2.45, 2.75) is 12.6 Å². The van der Waals surface area contributed by atoms with E-state index in [2.05, 4.69) is 0 Å². The number of Topliss-reactive ketones (excluding diaryl/α,β-unsaturated/α-hetero) is 1. The maximum atomic E-state index is 14.3. The van der Waals surface area contributed by atoms with Crippen LogP contribution in [0.1, 0.15) is 22.9 Å². The third-order valence-corrected chi connectivity index (χ3v) is 5.27. The number of amides is 1. The van der Waals surface area contributed by atoms with Crippen molar-refractivity contribution in [3.05, 3.63) is 99.3 Å². The number of non-ortho nitro benzene ring substituents is 1. The third-order valence-electron chi connectivity index (χ3n) is 5.27. The number of furan rings is 1. The molecule has 1 aliphatic heterocycles. The smallest absolute Gasteiger partial charge is 0.296 e. The fourth-order valence-corrected chi connectivity index (χ4v) is 3.74. The molecule has 3 aromatic rings. The average Bonchev–Trinajstić information content (AvgIpc) is 3.41. The number of aliphatic hydroxyl groups excluding tert-OH is 1. The van der Waals surface area contributed by atoms with Gasteiger partial charge in [-0.15, -0.1) is 0 Å². The van der Waals surface area contributed by atoms with Crippen molar-refractivity contribution in [3.63, 3.8) is 0 Å². The van der Waals surface area contributed by atoms with Crippen molar-refractivity contribution in [1.82, 2.24) is 4.90 Å². The summed E-state index contributed by atoms with van der Waals surface area (Å²) in [6.45, 7) is -0.126. The summed E-state index contributed by atoms with van der Waals surface area (Å²) in [4.78, 5) is 37.7. The van der Waals surface area contributed by atoms with Gasteiger partial charge in [0, 0.05) is 17.7 Å². The molecule has 10 heteroatoms. The minimum absolute atomic E-state index is 0.0558. The number of likely N-dealkylation sites (tertiary alicyclic amines) is 1. The number of ether oxygens (including phenoxy) is 1. The molecule has 1 aromatic heterocycles. The van der Waals surface area contributed by atoms with Gasteiger partial charge in [-0.25, -0.2) is 4.39 Å². The lowest BCUT2D eigenvalue weighted by Crippen LogP contribution is -2.29. The molecular weight excluding hydrogens is 435 g/mol. The van der Waals surface area contributed by atoms with Crippen LogP contribution in [-0.4, -0.2) is 33.7 Å². The molecule has 168 valence electrons. The van der Waals surface area contributed by atoms with Gasteiger partial charge >= 0.3 is 0 Å². The van der Waals surface area contributed by atoms with Gasteiger partial charge < -0.3 is 19.2 Å². The van der Waals surface area contributed by atoms with Gasteiger partial charge in [-0.1, -0.05) is 12.1 Å². The second-order valence-electron chi connectivity index (χ2n) is 7.21. The fourth-order valence-electron chi connectivity index (χ4n) is 3.74. The Bertz CT molecular complexity index is 1280. The van der Waals surface area contributed by atoms with E-state index in [-0.39, 0.29) is 34.7 Å². The molecular formula is C23H17FN2O7. The van der Waals surface area contributed by atoms with E-state index in [4.69, 9.17) is 9.15 Å². The van der Waals surface area contributed by atoms with Crippen LogP contribution < -0.4 is 4.74 Å². The molecule has 0 radical (unpaired) electrons. The van der Waals surface area contributed by atoms with Gasteiger partial charge in [-0.05, 0) is 35.9 Å². The molecule has 1 atom stereocenters. The molecule has 2 aromatic carbocycles. The van der Waals surface area contributed by atoms with Crippen molar-refractivity contribution >= 4 is 23.1 Å². The highest BCUT2D eigenvalue weighted by Gasteiger charge is 2.46. The van der Waals surface area contributed by atoms with Crippen molar-refractivity contribution in [2.24, 2.45) is 0 Å². The Morgan fingerprint density at radius 1 is 1.21 bits per heavy atom. The molecule has 0 bridgehead atoms. The molecule has 33 heavy (non-hydrogen) atoms. The van der Waals surface area contributed by atoms with Crippen LogP contribution in [-0.2, 0) is 16.1 Å². The molecule has 0 unspecified atom stereocenters. The Hall–Kier alpha value is -4.47. The summed E-state index contributed by atoms with van der Waals surface area (Å²) in [5, 5.41) is 22.3. The van der Waals surface area contributed by atoms with Crippen LogP contribution >= 0.6 is 0 Å². The first-order valence-corrected chi connectivity index (χ1v) is 9.71. The van der Waals surface area contributed by atoms with Gasteiger partial charge in [0.25, 0.3) is 17.4 Å². The van der Waals surface area contributed by atoms with Crippen LogP contribution in [0.3, 0.4) is 0 Å². The van der Waals surface area contributed by atoms with E-state index in [1.54, 1.807) is 12.1 Å². The van der Waals surface area contributed by atoms with Gasteiger partial charge in [-0.3, -0.25) is 19.7 Å². The van der Waals surface area contributed by atoms with E-state index in [0.717, 1.165) is 11.0 Å². The average molecular weight is 452 g/mol. The largest absolute Gasteiger partial charge is 0.507 e. The van der Waals surface area contributed by atoms with Crippen LogP contribution in [0.15, 0.2) is 70.9 Å². The number of hydrogen-bond donors (Lipinski definition) is 1. The number of rotatable bonds is 6. The summed E-state index contributed by atoms with van der Waals surface area (Å²) >= 11 is 0. The summed E-state index contributed by atoms with van der Waals surface area (Å²) in [5.74, 6) is -3.04. The predicted molar refractivity (Wildman–Crippen MR) is 113 cm³/mol. The highest BCUT2D eigenvalue weighted by molar-refractivity contribution is 6.46. The number of methoxy groups -OCH3 is 1. The van der Waals surface area contributed by atoms with Gasteiger partial charge in [0.1, 0.15) is 11.5 Å². The molecule has 2 heterocycles. The van der Waals surface area contributed by atoms with Crippen molar-refractivity contribution < 1.29 is 33.2 Å². The van der Waals surface area contributed by atoms with E-state index in [1.807, 2.05) is 0 Å². The fraction of sp³-hybridized carbons (Fsp3) is 0.130. The van der Waals surface area contributed by atoms with Crippen LogP contribution in [0.5, 0.6) is 5.75 Å². The summed E-state index contributed by atoms with van der Waals surface area (Å²) in [5.41, 5.74) is -0.409. The number of nitrogens with zero attached hydrogens (tertiary/aromatic N) is 2. The Balaban J connectivity index is 1.89. The Morgan fingerprint density at radius 3 is 2.64 bits per heavy atom. The molecule has 1 aliphatic rings. The number of carbonyl (C=O) groups is 2. The molecule has 1 fully saturated rings.